The number of oxime groups is 1. The fraction of sp³-hybridized carbons (Fsp3) is 0.678. The molecule has 394 valence electrons. The minimum atomic E-state index is -1.46. The molecule has 1 heterocycles. The molecule has 2 aromatic rings. The average molecular weight is 986 g/mol. The molecule has 2 aromatic carbocycles. The Labute approximate surface area is 425 Å². The van der Waals surface area contributed by atoms with Crippen molar-refractivity contribution >= 4 is 17.7 Å². The quantitative estimate of drug-likeness (QED) is 0.0399. The lowest BCUT2D eigenvalue weighted by atomic mass is 9.55. The molecule has 3 aliphatic carbocycles. The number of hydrogen-bond acceptors (Lipinski definition) is 9. The monoisotopic (exact) mass is 986 g/mol. The van der Waals surface area contributed by atoms with E-state index in [9.17, 15) is 19.4 Å². The number of fused-ring (bicyclic) bond motifs is 2. The largest absolute Gasteiger partial charge is 0.459 e. The smallest absolute Gasteiger partial charge is 0.412 e. The molecule has 1 aliphatic heterocycles. The summed E-state index contributed by atoms with van der Waals surface area (Å²) in [5.41, 5.74) is 2.66. The van der Waals surface area contributed by atoms with Crippen LogP contribution in [0.15, 0.2) is 71.9 Å². The number of halogens is 1. The summed E-state index contributed by atoms with van der Waals surface area (Å²) in [5.74, 6) is -1.17. The number of allylic oxidation sites excluding steroid dienone is 1. The minimum Gasteiger partial charge on any atom is -0.459 e. The maximum Gasteiger partial charge on any atom is 0.412 e. The number of aliphatic hydroxyl groups excluding tert-OH is 2. The number of unbranched alkanes of at least 4 members (excludes halogenated alkanes) is 11. The third-order valence-corrected chi connectivity index (χ3v) is 15.3. The van der Waals surface area contributed by atoms with Crippen LogP contribution in [0.1, 0.15) is 192 Å². The first-order chi connectivity index (χ1) is 34.4. The lowest BCUT2D eigenvalue weighted by Gasteiger charge is -2.60. The van der Waals surface area contributed by atoms with Gasteiger partial charge in [-0.15, -0.1) is 6.58 Å². The molecule has 12 heteroatoms. The number of nitrogens with one attached hydrogen (secondary N) is 1. The molecule has 71 heavy (non-hydrogen) atoms. The van der Waals surface area contributed by atoms with E-state index in [4.69, 9.17) is 24.2 Å². The van der Waals surface area contributed by atoms with Gasteiger partial charge < -0.3 is 39.5 Å². The fourth-order valence-corrected chi connectivity index (χ4v) is 11.8. The molecule has 0 saturated heterocycles. The number of hydrogen-bond donors (Lipinski definition) is 3. The van der Waals surface area contributed by atoms with Gasteiger partial charge in [-0.05, 0) is 119 Å². The molecule has 0 aromatic heterocycles. The first-order valence-corrected chi connectivity index (χ1v) is 27.7. The second kappa shape index (κ2) is 28.3. The van der Waals surface area contributed by atoms with Crippen LogP contribution in [0.2, 0.25) is 0 Å². The van der Waals surface area contributed by atoms with Crippen molar-refractivity contribution in [2.45, 2.75) is 205 Å². The molecule has 0 bridgehead atoms. The van der Waals surface area contributed by atoms with Gasteiger partial charge in [0, 0.05) is 50.6 Å². The summed E-state index contributed by atoms with van der Waals surface area (Å²) in [6.07, 6.45) is 26.0. The van der Waals surface area contributed by atoms with Crippen LogP contribution in [-0.2, 0) is 20.9 Å². The summed E-state index contributed by atoms with van der Waals surface area (Å²) >= 11 is 0. The first-order valence-electron chi connectivity index (χ1n) is 27.7. The summed E-state index contributed by atoms with van der Waals surface area (Å²) in [7, 11) is 0. The molecule has 11 nitrogen and oxygen atoms in total. The highest BCUT2D eigenvalue weighted by molar-refractivity contribution is 6.03. The predicted molar refractivity (Wildman–Crippen MR) is 280 cm³/mol. The van der Waals surface area contributed by atoms with Crippen molar-refractivity contribution in [2.75, 3.05) is 26.4 Å². The maximum absolute atomic E-state index is 15.2. The van der Waals surface area contributed by atoms with Crippen LogP contribution in [0.5, 0.6) is 11.5 Å². The lowest BCUT2D eigenvalue weighted by molar-refractivity contribution is -0.258. The van der Waals surface area contributed by atoms with Crippen LogP contribution >= 0.6 is 0 Å². The van der Waals surface area contributed by atoms with Gasteiger partial charge in [0.1, 0.15) is 29.0 Å². The average Bonchev–Trinajstić information content (AvgIpc) is 3.88. The molecule has 4 aliphatic rings. The predicted octanol–water partition coefficient (Wildman–Crippen LogP) is 13.3. The standard InChI is InChI=1S/C59H88FN3O8/c1-6-8-9-10-11-12-13-14-15-20-35-61-57(67)69-47-32-33-52-50(40-47)55-48(26-19-22-37-65)45(25-18-21-36-64)39-49-51(62-71-58(3,4)5)41-53(59(70-52,56(49)55)68-38-7-2)63(42-44-27-30-46(60)31-28-44)54(66)34-29-43-23-16-17-24-43/h7,27-28,30-33,39-40,43,45,48,53,55-56,64-65H,2,6,8-26,29,34-38,41-42H2,1,3-5H3,(H,61,67)/t45-,48+,53-,55+,56+,59+/m0/s1. The number of nitrogens with zero attached hydrogens (tertiary/aromatic N) is 2. The van der Waals surface area contributed by atoms with Crippen LogP contribution in [0.3, 0.4) is 0 Å². The number of carbonyl (C=O) groups is 2. The Balaban J connectivity index is 1.42. The molecular weight excluding hydrogens is 898 g/mol. The summed E-state index contributed by atoms with van der Waals surface area (Å²) in [6, 6.07) is 11.2. The first kappa shape index (κ1) is 56.0. The summed E-state index contributed by atoms with van der Waals surface area (Å²) in [6.45, 7) is 13.2. The summed E-state index contributed by atoms with van der Waals surface area (Å²) in [4.78, 5) is 36.9. The lowest BCUT2D eigenvalue weighted by Crippen LogP contribution is -2.70. The van der Waals surface area contributed by atoms with Gasteiger partial charge in [-0.3, -0.25) is 4.79 Å². The Kier molecular flexibility index (Phi) is 22.3. The molecule has 6 rings (SSSR count). The second-order valence-corrected chi connectivity index (χ2v) is 21.8. The van der Waals surface area contributed by atoms with Crippen molar-refractivity contribution in [3.8, 4) is 11.5 Å². The fourth-order valence-electron chi connectivity index (χ4n) is 11.8. The van der Waals surface area contributed by atoms with Crippen molar-refractivity contribution in [1.82, 2.24) is 10.2 Å². The van der Waals surface area contributed by atoms with E-state index in [1.54, 1.807) is 24.3 Å². The highest BCUT2D eigenvalue weighted by atomic mass is 19.1. The molecule has 0 unspecified atom stereocenters. The third kappa shape index (κ3) is 15.9. The van der Waals surface area contributed by atoms with Gasteiger partial charge >= 0.3 is 6.09 Å². The van der Waals surface area contributed by atoms with E-state index in [-0.39, 0.29) is 62.3 Å². The molecule has 0 spiro atoms. The second-order valence-electron chi connectivity index (χ2n) is 21.8. The number of ether oxygens (including phenoxy) is 3. The van der Waals surface area contributed by atoms with E-state index >= 15 is 4.79 Å². The van der Waals surface area contributed by atoms with Gasteiger partial charge in [-0.2, -0.15) is 0 Å². The van der Waals surface area contributed by atoms with Gasteiger partial charge in [0.05, 0.1) is 18.2 Å². The molecule has 2 saturated carbocycles. The van der Waals surface area contributed by atoms with Gasteiger partial charge in [0.15, 0.2) is 0 Å². The zero-order chi connectivity index (χ0) is 50.6. The van der Waals surface area contributed by atoms with Crippen molar-refractivity contribution in [2.24, 2.45) is 28.8 Å². The Morgan fingerprint density at radius 1 is 0.901 bits per heavy atom. The van der Waals surface area contributed by atoms with Gasteiger partial charge in [-0.1, -0.05) is 133 Å². The van der Waals surface area contributed by atoms with E-state index in [0.717, 1.165) is 80.9 Å². The Morgan fingerprint density at radius 2 is 1.58 bits per heavy atom. The van der Waals surface area contributed by atoms with Crippen LogP contribution in [0, 0.1) is 29.5 Å². The van der Waals surface area contributed by atoms with Crippen molar-refractivity contribution in [1.29, 1.82) is 0 Å². The molecule has 6 atom stereocenters. The minimum absolute atomic E-state index is 0.00378. The Morgan fingerprint density at radius 3 is 2.24 bits per heavy atom. The van der Waals surface area contributed by atoms with E-state index in [2.05, 4.69) is 24.9 Å². The van der Waals surface area contributed by atoms with Crippen LogP contribution in [-0.4, -0.2) is 76.6 Å². The highest BCUT2D eigenvalue weighted by Gasteiger charge is 2.65. The molecule has 3 N–H and O–H groups in total. The number of carbonyl (C=O) groups excluding carboxylic acids is 2. The summed E-state index contributed by atoms with van der Waals surface area (Å²) in [5, 5.41) is 28.0. The normalized spacial score (nSPS) is 23.3. The van der Waals surface area contributed by atoms with E-state index < -0.39 is 29.4 Å². The van der Waals surface area contributed by atoms with Crippen LogP contribution < -0.4 is 14.8 Å². The third-order valence-electron chi connectivity index (χ3n) is 15.3. The number of rotatable bonds is 30. The van der Waals surface area contributed by atoms with E-state index in [1.165, 1.54) is 69.9 Å². The van der Waals surface area contributed by atoms with E-state index in [0.29, 0.717) is 48.9 Å². The van der Waals surface area contributed by atoms with Crippen LogP contribution in [0.4, 0.5) is 9.18 Å². The molecule has 0 radical (unpaired) electrons. The molecular formula is C59H88FN3O8. The van der Waals surface area contributed by atoms with Gasteiger partial charge in [-0.25, -0.2) is 9.18 Å². The van der Waals surface area contributed by atoms with Crippen LogP contribution in [0.25, 0.3) is 0 Å². The Hall–Kier alpha value is -4.26. The van der Waals surface area contributed by atoms with Crippen molar-refractivity contribution in [3.63, 3.8) is 0 Å². The number of aliphatic hydroxyl groups is 2. The highest BCUT2D eigenvalue weighted by Crippen LogP contribution is 2.62. The SMILES string of the molecule is C=CCO[C@@]12Oc3ccc(OC(=O)NCCCCCCCCCCCC)cc3[C@H]3[C@H](CCCCO)[C@@H](CCCCO)C=C(C(=NOC(C)(C)C)C[C@@H]1N(Cc1ccc(F)cc1)C(=O)CCC1CCCC1)[C@H]32. The van der Waals surface area contributed by atoms with Crippen molar-refractivity contribution in [3.05, 3.63) is 83.7 Å². The maximum atomic E-state index is 15.2. The number of amides is 2. The van der Waals surface area contributed by atoms with Gasteiger partial charge in [0.2, 0.25) is 11.7 Å². The zero-order valence-electron chi connectivity index (χ0n) is 43.8. The number of benzene rings is 2. The molecule has 2 amide bonds. The molecule has 2 fully saturated rings. The van der Waals surface area contributed by atoms with Gasteiger partial charge in [0.25, 0.3) is 0 Å². The topological polar surface area (TPSA) is 139 Å². The summed E-state index contributed by atoms with van der Waals surface area (Å²) < 4.78 is 35.2. The Bertz CT molecular complexity index is 2030. The zero-order valence-corrected chi connectivity index (χ0v) is 43.8. The van der Waals surface area contributed by atoms with Crippen molar-refractivity contribution < 1.29 is 43.2 Å². The van der Waals surface area contributed by atoms with E-state index in [1.807, 2.05) is 37.8 Å².